The van der Waals surface area contributed by atoms with Crippen molar-refractivity contribution in [2.75, 3.05) is 19.7 Å². The third kappa shape index (κ3) is 2.58. The number of halogens is 1. The smallest absolute Gasteiger partial charge is 0.263 e. The number of aryl methyl sites for hydroxylation is 1. The standard InChI is InChI=1S/C9H15BrN4O3S/c1-7-6-14(4-3-5-17-7)18(15,16)9-8(10)11-12-13(9)2/h7H,3-6H2,1-2H3. The van der Waals surface area contributed by atoms with E-state index in [0.717, 1.165) is 0 Å². The van der Waals surface area contributed by atoms with E-state index in [9.17, 15) is 8.42 Å². The molecule has 0 spiro atoms. The minimum absolute atomic E-state index is 0.0802. The fourth-order valence-corrected chi connectivity index (χ4v) is 4.48. The number of ether oxygens (including phenoxy) is 1. The first-order valence-corrected chi connectivity index (χ1v) is 7.83. The zero-order valence-electron chi connectivity index (χ0n) is 10.2. The van der Waals surface area contributed by atoms with Gasteiger partial charge in [-0.15, -0.1) is 5.10 Å². The zero-order chi connectivity index (χ0) is 13.3. The molecule has 0 amide bonds. The Morgan fingerprint density at radius 2 is 2.22 bits per heavy atom. The Kier molecular flexibility index (Phi) is 4.05. The maximum Gasteiger partial charge on any atom is 0.263 e. The Balaban J connectivity index is 2.36. The van der Waals surface area contributed by atoms with Gasteiger partial charge in [0.15, 0.2) is 4.60 Å². The van der Waals surface area contributed by atoms with Crippen LogP contribution in [0.5, 0.6) is 0 Å². The van der Waals surface area contributed by atoms with Crippen LogP contribution in [-0.4, -0.2) is 53.5 Å². The molecule has 9 heteroatoms. The summed E-state index contributed by atoms with van der Waals surface area (Å²) < 4.78 is 33.4. The predicted molar refractivity (Wildman–Crippen MR) is 67.5 cm³/mol. The maximum absolute atomic E-state index is 12.5. The van der Waals surface area contributed by atoms with Crippen molar-refractivity contribution in [2.24, 2.45) is 7.05 Å². The molecule has 0 radical (unpaired) electrons. The lowest BCUT2D eigenvalue weighted by molar-refractivity contribution is 0.0751. The Labute approximate surface area is 114 Å². The molecule has 1 atom stereocenters. The van der Waals surface area contributed by atoms with Gasteiger partial charge in [-0.3, -0.25) is 0 Å². The Morgan fingerprint density at radius 3 is 2.83 bits per heavy atom. The predicted octanol–water partition coefficient (Wildman–Crippen LogP) is 0.377. The topological polar surface area (TPSA) is 77.3 Å². The molecule has 0 aromatic carbocycles. The molecule has 0 bridgehead atoms. The summed E-state index contributed by atoms with van der Waals surface area (Å²) in [6.07, 6.45) is 0.578. The number of hydrogen-bond donors (Lipinski definition) is 0. The van der Waals surface area contributed by atoms with E-state index in [0.29, 0.717) is 26.1 Å². The average molecular weight is 339 g/mol. The van der Waals surface area contributed by atoms with Crippen molar-refractivity contribution in [3.05, 3.63) is 4.60 Å². The molecule has 1 saturated heterocycles. The monoisotopic (exact) mass is 338 g/mol. The van der Waals surface area contributed by atoms with Gasteiger partial charge in [-0.25, -0.2) is 13.1 Å². The first-order valence-electron chi connectivity index (χ1n) is 5.60. The molecule has 1 aliphatic rings. The number of sulfonamides is 1. The van der Waals surface area contributed by atoms with Gasteiger partial charge in [-0.2, -0.15) is 4.31 Å². The van der Waals surface area contributed by atoms with E-state index in [1.165, 1.54) is 8.99 Å². The van der Waals surface area contributed by atoms with Crippen molar-refractivity contribution in [3.8, 4) is 0 Å². The normalized spacial score (nSPS) is 22.9. The van der Waals surface area contributed by atoms with E-state index >= 15 is 0 Å². The van der Waals surface area contributed by atoms with Crippen molar-refractivity contribution < 1.29 is 13.2 Å². The molecule has 0 aliphatic carbocycles. The minimum atomic E-state index is -3.59. The number of aromatic nitrogens is 3. The van der Waals surface area contributed by atoms with Crippen LogP contribution in [0.25, 0.3) is 0 Å². The third-order valence-electron chi connectivity index (χ3n) is 2.74. The van der Waals surface area contributed by atoms with Crippen molar-refractivity contribution in [3.63, 3.8) is 0 Å². The highest BCUT2D eigenvalue weighted by molar-refractivity contribution is 9.10. The number of nitrogens with zero attached hydrogens (tertiary/aromatic N) is 4. The van der Waals surface area contributed by atoms with Gasteiger partial charge in [0.05, 0.1) is 6.10 Å². The van der Waals surface area contributed by atoms with Crippen LogP contribution in [0.4, 0.5) is 0 Å². The van der Waals surface area contributed by atoms with Gasteiger partial charge in [0.1, 0.15) is 0 Å². The van der Waals surface area contributed by atoms with E-state index in [-0.39, 0.29) is 15.7 Å². The highest BCUT2D eigenvalue weighted by Gasteiger charge is 2.32. The number of hydrogen-bond acceptors (Lipinski definition) is 5. The van der Waals surface area contributed by atoms with E-state index in [1.54, 1.807) is 7.05 Å². The Morgan fingerprint density at radius 1 is 1.50 bits per heavy atom. The molecule has 7 nitrogen and oxygen atoms in total. The summed E-state index contributed by atoms with van der Waals surface area (Å²) in [5.41, 5.74) is 0. The second-order valence-corrected chi connectivity index (χ2v) is 6.81. The maximum atomic E-state index is 12.5. The fraction of sp³-hybridized carbons (Fsp3) is 0.778. The van der Waals surface area contributed by atoms with Crippen LogP contribution < -0.4 is 0 Å². The average Bonchev–Trinajstić information content (AvgIpc) is 2.51. The molecule has 102 valence electrons. The van der Waals surface area contributed by atoms with Gasteiger partial charge >= 0.3 is 0 Å². The molecule has 0 saturated carbocycles. The summed E-state index contributed by atoms with van der Waals surface area (Å²) in [5.74, 6) is 0. The van der Waals surface area contributed by atoms with Gasteiger partial charge in [0.25, 0.3) is 10.0 Å². The van der Waals surface area contributed by atoms with E-state index < -0.39 is 10.0 Å². The van der Waals surface area contributed by atoms with Gasteiger partial charge in [-0.1, -0.05) is 5.21 Å². The van der Waals surface area contributed by atoms with Gasteiger partial charge in [-0.05, 0) is 29.3 Å². The zero-order valence-corrected chi connectivity index (χ0v) is 12.6. The van der Waals surface area contributed by atoms with Crippen LogP contribution in [-0.2, 0) is 21.8 Å². The molecule has 1 aliphatic heterocycles. The first kappa shape index (κ1) is 13.9. The molecular formula is C9H15BrN4O3S. The minimum Gasteiger partial charge on any atom is -0.377 e. The van der Waals surface area contributed by atoms with Crippen molar-refractivity contribution in [2.45, 2.75) is 24.5 Å². The summed E-state index contributed by atoms with van der Waals surface area (Å²) in [5, 5.41) is 7.49. The fourth-order valence-electron chi connectivity index (χ4n) is 1.89. The molecule has 0 N–H and O–H groups in total. The van der Waals surface area contributed by atoms with Crippen LogP contribution in [0.2, 0.25) is 0 Å². The summed E-state index contributed by atoms with van der Waals surface area (Å²) in [6.45, 7) is 3.24. The molecular weight excluding hydrogens is 324 g/mol. The molecule has 2 rings (SSSR count). The van der Waals surface area contributed by atoms with Crippen LogP contribution >= 0.6 is 15.9 Å². The second-order valence-electron chi connectivity index (χ2n) is 4.21. The van der Waals surface area contributed by atoms with Gasteiger partial charge in [0, 0.05) is 26.7 Å². The SMILES string of the molecule is CC1CN(S(=O)(=O)c2c(Br)nnn2C)CCCO1. The third-order valence-corrected chi connectivity index (χ3v) is 5.49. The molecule has 1 aromatic heterocycles. The lowest BCUT2D eigenvalue weighted by Crippen LogP contribution is -2.37. The molecule has 1 fully saturated rings. The summed E-state index contributed by atoms with van der Waals surface area (Å²) in [6, 6.07) is 0. The molecule has 2 heterocycles. The second kappa shape index (κ2) is 5.24. The molecule has 1 aromatic rings. The first-order chi connectivity index (χ1) is 8.43. The van der Waals surface area contributed by atoms with Crippen molar-refractivity contribution in [1.82, 2.24) is 19.3 Å². The highest BCUT2D eigenvalue weighted by Crippen LogP contribution is 2.23. The van der Waals surface area contributed by atoms with E-state index in [2.05, 4.69) is 26.2 Å². The van der Waals surface area contributed by atoms with Crippen molar-refractivity contribution in [1.29, 1.82) is 0 Å². The summed E-state index contributed by atoms with van der Waals surface area (Å²) >= 11 is 3.12. The summed E-state index contributed by atoms with van der Waals surface area (Å²) in [4.78, 5) is 0. The number of rotatable bonds is 2. The Bertz CT molecular complexity index is 510. The largest absolute Gasteiger partial charge is 0.377 e. The highest BCUT2D eigenvalue weighted by atomic mass is 79.9. The van der Waals surface area contributed by atoms with Crippen molar-refractivity contribution >= 4 is 26.0 Å². The van der Waals surface area contributed by atoms with E-state index in [1.807, 2.05) is 6.92 Å². The van der Waals surface area contributed by atoms with Gasteiger partial charge < -0.3 is 4.74 Å². The van der Waals surface area contributed by atoms with Crippen LogP contribution in [0.15, 0.2) is 9.63 Å². The Hall–Kier alpha value is -0.510. The lowest BCUT2D eigenvalue weighted by Gasteiger charge is -2.21. The summed E-state index contributed by atoms with van der Waals surface area (Å²) in [7, 11) is -2.03. The van der Waals surface area contributed by atoms with E-state index in [4.69, 9.17) is 4.74 Å². The van der Waals surface area contributed by atoms with Crippen LogP contribution in [0.1, 0.15) is 13.3 Å². The quantitative estimate of drug-likeness (QED) is 0.778. The lowest BCUT2D eigenvalue weighted by atomic mass is 10.4. The van der Waals surface area contributed by atoms with Gasteiger partial charge in [0.2, 0.25) is 5.03 Å². The molecule has 1 unspecified atom stereocenters. The molecule has 18 heavy (non-hydrogen) atoms. The van der Waals surface area contributed by atoms with Crippen LogP contribution in [0.3, 0.4) is 0 Å². The van der Waals surface area contributed by atoms with Crippen LogP contribution in [0, 0.1) is 0 Å².